The summed E-state index contributed by atoms with van der Waals surface area (Å²) < 4.78 is 13.1. The zero-order valence-electron chi connectivity index (χ0n) is 19.8. The van der Waals surface area contributed by atoms with Gasteiger partial charge in [-0.05, 0) is 42.0 Å². The van der Waals surface area contributed by atoms with Crippen LogP contribution in [0, 0.1) is 12.1 Å². The van der Waals surface area contributed by atoms with E-state index in [2.05, 4.69) is 17.1 Å². The molecule has 0 fully saturated rings. The van der Waals surface area contributed by atoms with Crippen molar-refractivity contribution >= 4 is 12.4 Å². The second kappa shape index (κ2) is 12.2. The van der Waals surface area contributed by atoms with E-state index in [0.29, 0.717) is 28.7 Å². The van der Waals surface area contributed by atoms with E-state index in [-0.39, 0.29) is 29.4 Å². The van der Waals surface area contributed by atoms with E-state index in [4.69, 9.17) is 9.98 Å². The van der Waals surface area contributed by atoms with Crippen molar-refractivity contribution in [1.29, 1.82) is 0 Å². The van der Waals surface area contributed by atoms with Gasteiger partial charge in [-0.25, -0.2) is 0 Å². The monoisotopic (exact) mass is 496 g/mol. The summed E-state index contributed by atoms with van der Waals surface area (Å²) in [5.41, 5.74) is 2.19. The molecule has 6 nitrogen and oxygen atoms in total. The van der Waals surface area contributed by atoms with E-state index >= 15 is 0 Å². The van der Waals surface area contributed by atoms with Crippen LogP contribution in [0.1, 0.15) is 22.3 Å². The van der Waals surface area contributed by atoms with Crippen molar-refractivity contribution in [3.63, 3.8) is 0 Å². The molecule has 0 bridgehead atoms. The third-order valence-corrected chi connectivity index (χ3v) is 5.91. The topological polar surface area (TPSA) is 94.6 Å². The fraction of sp³-hybridized carbons (Fsp3) is 0.133. The number of benzene rings is 3. The maximum Gasteiger partial charge on any atom is 0.180 e. The van der Waals surface area contributed by atoms with Gasteiger partial charge < -0.3 is 15.3 Å². The van der Waals surface area contributed by atoms with Crippen molar-refractivity contribution in [2.45, 2.75) is 24.9 Å². The first kappa shape index (κ1) is 25.3. The third-order valence-electron chi connectivity index (χ3n) is 5.91. The lowest BCUT2D eigenvalue weighted by molar-refractivity contribution is -0.00635. The molecule has 4 aromatic rings. The Balaban J connectivity index is 1.76. The minimum absolute atomic E-state index is 0.0189. The minimum atomic E-state index is -0.559. The number of halogens is 1. The van der Waals surface area contributed by atoms with Gasteiger partial charge in [-0.3, -0.25) is 14.9 Å². The fourth-order valence-electron chi connectivity index (χ4n) is 3.89. The van der Waals surface area contributed by atoms with Crippen LogP contribution < -0.4 is 4.94 Å². The lowest BCUT2D eigenvalue weighted by Gasteiger charge is -2.22. The standard InChI is InChI=1S/C30H25FN2O4/c31-37-30-16-8-4-12-24(30)20-33-26(18-22-10-2-6-14-28(22)35)25(17-21-9-1-5-13-27(21)34)32-19-23-11-3-7-15-29(23)36/h1,3-5,7-16,19-20,25-26,34-36H,17-18H2. The largest absolute Gasteiger partial charge is 0.508 e. The smallest absolute Gasteiger partial charge is 0.180 e. The summed E-state index contributed by atoms with van der Waals surface area (Å²) >= 11 is 0. The molecule has 0 spiro atoms. The van der Waals surface area contributed by atoms with Gasteiger partial charge in [0.25, 0.3) is 0 Å². The van der Waals surface area contributed by atoms with Crippen molar-refractivity contribution in [2.24, 2.45) is 9.98 Å². The molecule has 0 aliphatic rings. The molecule has 0 radical (unpaired) electrons. The first-order chi connectivity index (χ1) is 18.0. The summed E-state index contributed by atoms with van der Waals surface area (Å²) in [5.74, 6) is 0.255. The highest BCUT2D eigenvalue weighted by atomic mass is 19.3. The van der Waals surface area contributed by atoms with E-state index in [1.807, 2.05) is 6.07 Å². The molecular formula is C30H25FN2O4. The molecule has 0 aliphatic heterocycles. The molecule has 7 heteroatoms. The van der Waals surface area contributed by atoms with Crippen LogP contribution in [0.5, 0.6) is 23.0 Å². The average molecular weight is 497 g/mol. The molecule has 4 rings (SSSR count). The zero-order valence-corrected chi connectivity index (χ0v) is 19.8. The van der Waals surface area contributed by atoms with E-state index in [1.54, 1.807) is 72.9 Å². The van der Waals surface area contributed by atoms with Crippen LogP contribution in [-0.4, -0.2) is 39.8 Å². The number of aromatic hydroxyl groups is 3. The molecule has 2 unspecified atom stereocenters. The van der Waals surface area contributed by atoms with Gasteiger partial charge in [0.2, 0.25) is 0 Å². The second-order valence-corrected chi connectivity index (χ2v) is 8.39. The molecule has 4 aromatic carbocycles. The lowest BCUT2D eigenvalue weighted by Crippen LogP contribution is -2.28. The van der Waals surface area contributed by atoms with E-state index in [0.717, 1.165) is 0 Å². The molecule has 2 atom stereocenters. The SMILES string of the molecule is Oc1ccccc1C=NC(Cc1ccccc1O)C(Cc1cc#ccc1O)N=Cc1ccccc1OF. The maximum absolute atomic E-state index is 13.1. The molecule has 3 N–H and O–H groups in total. The predicted octanol–water partition coefficient (Wildman–Crippen LogP) is 5.43. The molecule has 0 aliphatic carbocycles. The molecule has 0 heterocycles. The summed E-state index contributed by atoms with van der Waals surface area (Å²) in [6, 6.07) is 27.8. The van der Waals surface area contributed by atoms with Crippen LogP contribution in [0.2, 0.25) is 0 Å². The zero-order chi connectivity index (χ0) is 26.0. The summed E-state index contributed by atoms with van der Waals surface area (Å²) in [7, 11) is 0. The molecule has 37 heavy (non-hydrogen) atoms. The highest BCUT2D eigenvalue weighted by Gasteiger charge is 2.23. The van der Waals surface area contributed by atoms with Gasteiger partial charge in [0.1, 0.15) is 17.2 Å². The average Bonchev–Trinajstić information content (AvgIpc) is 2.92. The van der Waals surface area contributed by atoms with Gasteiger partial charge >= 0.3 is 0 Å². The Morgan fingerprint density at radius 2 is 1.24 bits per heavy atom. The summed E-state index contributed by atoms with van der Waals surface area (Å²) in [6.45, 7) is 0. The number of para-hydroxylation sites is 3. The molecule has 0 amide bonds. The van der Waals surface area contributed by atoms with Crippen molar-refractivity contribution < 1.29 is 24.8 Å². The van der Waals surface area contributed by atoms with Crippen molar-refractivity contribution in [3.8, 4) is 23.0 Å². The Bertz CT molecular complexity index is 1390. The van der Waals surface area contributed by atoms with Gasteiger partial charge in [0.15, 0.2) is 5.75 Å². The summed E-state index contributed by atoms with van der Waals surface area (Å²) in [4.78, 5) is 13.5. The molecule has 0 saturated carbocycles. The number of phenols is 2. The minimum Gasteiger partial charge on any atom is -0.508 e. The quantitative estimate of drug-likeness (QED) is 0.255. The Morgan fingerprint density at radius 3 is 1.92 bits per heavy atom. The predicted molar refractivity (Wildman–Crippen MR) is 140 cm³/mol. The van der Waals surface area contributed by atoms with Gasteiger partial charge in [0.05, 0.1) is 12.1 Å². The van der Waals surface area contributed by atoms with Gasteiger partial charge in [-0.15, -0.1) is 0 Å². The normalized spacial score (nSPS) is 12.9. The van der Waals surface area contributed by atoms with Crippen molar-refractivity contribution in [3.05, 3.63) is 119 Å². The number of hydrogen-bond acceptors (Lipinski definition) is 6. The highest BCUT2D eigenvalue weighted by Crippen LogP contribution is 2.26. The maximum atomic E-state index is 13.1. The number of phenolic OH excluding ortho intramolecular Hbond substituents is 2. The van der Waals surface area contributed by atoms with Crippen LogP contribution in [0.15, 0.2) is 94.9 Å². The van der Waals surface area contributed by atoms with Gasteiger partial charge in [-0.1, -0.05) is 54.6 Å². The van der Waals surface area contributed by atoms with Gasteiger partial charge in [-0.2, -0.15) is 0 Å². The Labute approximate surface area is 214 Å². The highest BCUT2D eigenvalue weighted by molar-refractivity contribution is 5.84. The number of rotatable bonds is 10. The first-order valence-electron chi connectivity index (χ1n) is 11.6. The fourth-order valence-corrected chi connectivity index (χ4v) is 3.89. The molecule has 0 aromatic heterocycles. The van der Waals surface area contributed by atoms with Crippen LogP contribution in [0.25, 0.3) is 0 Å². The number of aliphatic imine (C=N–C) groups is 2. The van der Waals surface area contributed by atoms with Gasteiger partial charge in [0, 0.05) is 52.6 Å². The lowest BCUT2D eigenvalue weighted by atomic mass is 9.94. The first-order valence-corrected chi connectivity index (χ1v) is 11.6. The second-order valence-electron chi connectivity index (χ2n) is 8.39. The van der Waals surface area contributed by atoms with Crippen LogP contribution >= 0.6 is 0 Å². The van der Waals surface area contributed by atoms with E-state index in [9.17, 15) is 19.8 Å². The van der Waals surface area contributed by atoms with E-state index < -0.39 is 12.1 Å². The van der Waals surface area contributed by atoms with Crippen molar-refractivity contribution in [2.75, 3.05) is 0 Å². The van der Waals surface area contributed by atoms with Crippen LogP contribution in [0.3, 0.4) is 0 Å². The molecule has 0 saturated heterocycles. The summed E-state index contributed by atoms with van der Waals surface area (Å²) in [5, 5.41) is 31.1. The molecule has 186 valence electrons. The number of nitrogens with zero attached hydrogens (tertiary/aromatic N) is 2. The van der Waals surface area contributed by atoms with Crippen LogP contribution in [-0.2, 0) is 12.8 Å². The third kappa shape index (κ3) is 6.65. The number of hydrogen-bond donors (Lipinski definition) is 3. The molecular weight excluding hydrogens is 471 g/mol. The van der Waals surface area contributed by atoms with E-state index in [1.165, 1.54) is 18.3 Å². The summed E-state index contributed by atoms with van der Waals surface area (Å²) in [6.07, 6.45) is 3.64. The Hall–Kier alpha value is -4.83. The Kier molecular flexibility index (Phi) is 8.35. The van der Waals surface area contributed by atoms with Crippen molar-refractivity contribution in [1.82, 2.24) is 0 Å². The van der Waals surface area contributed by atoms with Crippen LogP contribution in [0.4, 0.5) is 4.53 Å². The Morgan fingerprint density at radius 1 is 0.676 bits per heavy atom.